The average molecular weight is 407 g/mol. The van der Waals surface area contributed by atoms with Crippen LogP contribution in [0.3, 0.4) is 0 Å². The van der Waals surface area contributed by atoms with E-state index in [9.17, 15) is 19.2 Å². The summed E-state index contributed by atoms with van der Waals surface area (Å²) in [5.41, 5.74) is 1.21. The molecule has 0 bridgehead atoms. The fourth-order valence-electron chi connectivity index (χ4n) is 3.73. The van der Waals surface area contributed by atoms with E-state index in [1.54, 1.807) is 35.8 Å². The number of piperazine rings is 1. The molecule has 0 saturated carbocycles. The van der Waals surface area contributed by atoms with E-state index in [1.165, 1.54) is 29.6 Å². The Morgan fingerprint density at radius 1 is 0.900 bits per heavy atom. The molecule has 1 aromatic heterocycles. The minimum atomic E-state index is -0.376. The number of hydrogen-bond donors (Lipinski definition) is 0. The monoisotopic (exact) mass is 407 g/mol. The van der Waals surface area contributed by atoms with Gasteiger partial charge in [0.25, 0.3) is 23.6 Å². The molecule has 9 nitrogen and oxygen atoms in total. The highest BCUT2D eigenvalue weighted by atomic mass is 16.2. The minimum Gasteiger partial charge on any atom is -0.335 e. The van der Waals surface area contributed by atoms with Gasteiger partial charge >= 0.3 is 0 Å². The van der Waals surface area contributed by atoms with Crippen LogP contribution in [0.5, 0.6) is 0 Å². The number of aromatic nitrogens is 2. The summed E-state index contributed by atoms with van der Waals surface area (Å²) in [4.78, 5) is 62.8. The van der Waals surface area contributed by atoms with Crippen molar-refractivity contribution in [2.24, 2.45) is 0 Å². The number of fused-ring (bicyclic) bond motifs is 1. The highest BCUT2D eigenvalue weighted by Crippen LogP contribution is 2.26. The zero-order chi connectivity index (χ0) is 21.4. The smallest absolute Gasteiger partial charge is 0.274 e. The maximum atomic E-state index is 12.9. The molecule has 0 radical (unpaired) electrons. The van der Waals surface area contributed by atoms with Crippen LogP contribution in [-0.2, 0) is 0 Å². The van der Waals surface area contributed by atoms with Crippen LogP contribution < -0.4 is 0 Å². The third-order valence-corrected chi connectivity index (χ3v) is 5.32. The Morgan fingerprint density at radius 2 is 1.53 bits per heavy atom. The lowest BCUT2D eigenvalue weighted by Crippen LogP contribution is -2.50. The first-order valence-corrected chi connectivity index (χ1v) is 9.75. The Hall–Kier alpha value is -3.62. The van der Waals surface area contributed by atoms with Crippen LogP contribution in [0.2, 0.25) is 0 Å². The first-order valence-electron chi connectivity index (χ1n) is 9.75. The number of imide groups is 1. The van der Waals surface area contributed by atoms with Gasteiger partial charge in [-0.05, 0) is 32.0 Å². The lowest BCUT2D eigenvalue weighted by molar-refractivity contribution is 0.0532. The van der Waals surface area contributed by atoms with Gasteiger partial charge in [0, 0.05) is 50.2 Å². The van der Waals surface area contributed by atoms with Crippen LogP contribution in [0.1, 0.15) is 55.4 Å². The first-order chi connectivity index (χ1) is 14.4. The summed E-state index contributed by atoms with van der Waals surface area (Å²) in [5.74, 6) is -1.16. The van der Waals surface area contributed by atoms with Gasteiger partial charge in [-0.25, -0.2) is 4.98 Å². The van der Waals surface area contributed by atoms with E-state index in [1.807, 2.05) is 0 Å². The van der Waals surface area contributed by atoms with Crippen molar-refractivity contribution in [1.82, 2.24) is 24.7 Å². The number of benzene rings is 1. The summed E-state index contributed by atoms with van der Waals surface area (Å²) in [7, 11) is 0. The average Bonchev–Trinajstić information content (AvgIpc) is 3.03. The molecule has 1 fully saturated rings. The molecule has 1 saturated heterocycles. The zero-order valence-electron chi connectivity index (χ0n) is 16.7. The molecular formula is C21H21N5O4. The normalized spacial score (nSPS) is 16.3. The molecule has 154 valence electrons. The standard InChI is InChI=1S/C21H21N5O4/c1-13(2)26-19(28)15-4-3-14(11-16(15)20(26)29)18(27)24-7-9-25(10-8-24)21(30)17-12-22-5-6-23-17/h3-6,11-13H,7-10H2,1-2H3. The number of carbonyl (C=O) groups is 4. The molecule has 0 atom stereocenters. The molecule has 2 aliphatic rings. The van der Waals surface area contributed by atoms with Crippen LogP contribution in [-0.4, -0.2) is 80.5 Å². The molecular weight excluding hydrogens is 386 g/mol. The van der Waals surface area contributed by atoms with Crippen molar-refractivity contribution >= 4 is 23.6 Å². The third-order valence-electron chi connectivity index (χ3n) is 5.32. The van der Waals surface area contributed by atoms with E-state index in [0.717, 1.165) is 0 Å². The molecule has 30 heavy (non-hydrogen) atoms. The zero-order valence-corrected chi connectivity index (χ0v) is 16.7. The van der Waals surface area contributed by atoms with E-state index < -0.39 is 0 Å². The highest BCUT2D eigenvalue weighted by molar-refractivity contribution is 6.22. The third kappa shape index (κ3) is 3.32. The maximum absolute atomic E-state index is 12.9. The first kappa shape index (κ1) is 19.7. The predicted octanol–water partition coefficient (Wildman–Crippen LogP) is 1.08. The minimum absolute atomic E-state index is 0.217. The van der Waals surface area contributed by atoms with Crippen molar-refractivity contribution in [3.05, 3.63) is 59.2 Å². The Labute approximate surface area is 173 Å². The molecule has 2 aliphatic heterocycles. The van der Waals surface area contributed by atoms with Gasteiger partial charge in [-0.1, -0.05) is 0 Å². The lowest BCUT2D eigenvalue weighted by Gasteiger charge is -2.34. The van der Waals surface area contributed by atoms with Gasteiger partial charge in [0.1, 0.15) is 5.69 Å². The lowest BCUT2D eigenvalue weighted by atomic mass is 10.0. The molecule has 0 N–H and O–H groups in total. The van der Waals surface area contributed by atoms with E-state index in [-0.39, 0.29) is 40.9 Å². The Morgan fingerprint density at radius 3 is 2.13 bits per heavy atom. The van der Waals surface area contributed by atoms with Gasteiger partial charge in [0.15, 0.2) is 0 Å². The Kier molecular flexibility index (Phi) is 5.03. The van der Waals surface area contributed by atoms with Crippen molar-refractivity contribution in [2.45, 2.75) is 19.9 Å². The number of carbonyl (C=O) groups excluding carboxylic acids is 4. The summed E-state index contributed by atoms with van der Waals surface area (Å²) in [5, 5.41) is 0. The van der Waals surface area contributed by atoms with E-state index >= 15 is 0 Å². The van der Waals surface area contributed by atoms with Crippen molar-refractivity contribution in [2.75, 3.05) is 26.2 Å². The number of hydrogen-bond acceptors (Lipinski definition) is 6. The van der Waals surface area contributed by atoms with E-state index in [2.05, 4.69) is 9.97 Å². The Bertz CT molecular complexity index is 1030. The van der Waals surface area contributed by atoms with Gasteiger partial charge in [0.05, 0.1) is 17.3 Å². The van der Waals surface area contributed by atoms with Crippen LogP contribution in [0.15, 0.2) is 36.8 Å². The van der Waals surface area contributed by atoms with Crippen LogP contribution >= 0.6 is 0 Å². The van der Waals surface area contributed by atoms with Crippen molar-refractivity contribution in [3.8, 4) is 0 Å². The predicted molar refractivity (Wildman–Crippen MR) is 106 cm³/mol. The molecule has 4 rings (SSSR count). The second-order valence-electron chi connectivity index (χ2n) is 7.51. The van der Waals surface area contributed by atoms with Crippen LogP contribution in [0.25, 0.3) is 0 Å². The van der Waals surface area contributed by atoms with Gasteiger partial charge in [-0.15, -0.1) is 0 Å². The van der Waals surface area contributed by atoms with Gasteiger partial charge in [0.2, 0.25) is 0 Å². The SMILES string of the molecule is CC(C)N1C(=O)c2ccc(C(=O)N3CCN(C(=O)c4cnccn4)CC3)cc2C1=O. The fraction of sp³-hybridized carbons (Fsp3) is 0.333. The van der Waals surface area contributed by atoms with Gasteiger partial charge in [-0.3, -0.25) is 29.1 Å². The van der Waals surface area contributed by atoms with Crippen LogP contribution in [0, 0.1) is 0 Å². The summed E-state index contributed by atoms with van der Waals surface area (Å²) >= 11 is 0. The number of nitrogens with zero attached hydrogens (tertiary/aromatic N) is 5. The second-order valence-corrected chi connectivity index (χ2v) is 7.51. The quantitative estimate of drug-likeness (QED) is 0.706. The van der Waals surface area contributed by atoms with Gasteiger partial charge < -0.3 is 9.80 Å². The summed E-state index contributed by atoms with van der Waals surface area (Å²) < 4.78 is 0. The number of amides is 4. The van der Waals surface area contributed by atoms with E-state index in [0.29, 0.717) is 37.3 Å². The number of rotatable bonds is 3. The molecule has 1 aromatic carbocycles. The molecule has 9 heteroatoms. The topological polar surface area (TPSA) is 104 Å². The molecule has 0 spiro atoms. The highest BCUT2D eigenvalue weighted by Gasteiger charge is 2.38. The van der Waals surface area contributed by atoms with E-state index in [4.69, 9.17) is 0 Å². The van der Waals surface area contributed by atoms with Crippen molar-refractivity contribution in [3.63, 3.8) is 0 Å². The summed E-state index contributed by atoms with van der Waals surface area (Å²) in [6.45, 7) is 5.04. The molecule has 0 aliphatic carbocycles. The van der Waals surface area contributed by atoms with Gasteiger partial charge in [-0.2, -0.15) is 0 Å². The molecule has 2 aromatic rings. The maximum Gasteiger partial charge on any atom is 0.274 e. The fourth-order valence-corrected chi connectivity index (χ4v) is 3.73. The van der Waals surface area contributed by atoms with Crippen molar-refractivity contribution in [1.29, 1.82) is 0 Å². The molecule has 0 unspecified atom stereocenters. The van der Waals surface area contributed by atoms with Crippen molar-refractivity contribution < 1.29 is 19.2 Å². The summed E-state index contributed by atoms with van der Waals surface area (Å²) in [6.07, 6.45) is 4.39. The molecule has 4 amide bonds. The Balaban J connectivity index is 1.45. The molecule has 3 heterocycles. The van der Waals surface area contributed by atoms with Crippen LogP contribution in [0.4, 0.5) is 0 Å². The second kappa shape index (κ2) is 7.66. The summed E-state index contributed by atoms with van der Waals surface area (Å²) in [6, 6.07) is 4.36. The largest absolute Gasteiger partial charge is 0.335 e.